The third-order valence-corrected chi connectivity index (χ3v) is 5.58. The Morgan fingerprint density at radius 3 is 2.53 bits per heavy atom. The van der Waals surface area contributed by atoms with Gasteiger partial charge in [-0.1, -0.05) is 30.0 Å². The second kappa shape index (κ2) is 8.67. The van der Waals surface area contributed by atoms with E-state index in [1.165, 1.54) is 19.1 Å². The summed E-state index contributed by atoms with van der Waals surface area (Å²) >= 11 is 0.948. The lowest BCUT2D eigenvalue weighted by Crippen LogP contribution is -2.25. The zero-order chi connectivity index (χ0) is 22.8. The molecule has 0 radical (unpaired) electrons. The number of hydrogen-bond donors (Lipinski definition) is 2. The Hall–Kier alpha value is -3.92. The molecule has 1 aliphatic rings. The SMILES string of the molecule is CC(=O)Oc1cccc2oc(C(=O)Nc3ccc(CC4SC(=O)NC4=O)cc3)cc(=O)c12. The maximum Gasteiger partial charge on any atom is 0.308 e. The number of rotatable bonds is 5. The summed E-state index contributed by atoms with van der Waals surface area (Å²) in [5.41, 5.74) is 0.861. The smallest absolute Gasteiger partial charge is 0.308 e. The summed E-state index contributed by atoms with van der Waals surface area (Å²) in [6.45, 7) is 1.22. The molecule has 4 rings (SSSR count). The lowest BCUT2D eigenvalue weighted by molar-refractivity contribution is -0.131. The molecule has 3 amide bonds. The van der Waals surface area contributed by atoms with E-state index < -0.39 is 22.6 Å². The summed E-state index contributed by atoms with van der Waals surface area (Å²) in [6, 6.07) is 12.3. The molecule has 1 saturated heterocycles. The number of amides is 3. The summed E-state index contributed by atoms with van der Waals surface area (Å²) in [6.07, 6.45) is 0.376. The lowest BCUT2D eigenvalue weighted by Gasteiger charge is -2.09. The Morgan fingerprint density at radius 2 is 1.88 bits per heavy atom. The highest BCUT2D eigenvalue weighted by molar-refractivity contribution is 8.15. The molecular weight excluding hydrogens is 436 g/mol. The molecule has 0 bridgehead atoms. The fraction of sp³-hybridized carbons (Fsp3) is 0.136. The van der Waals surface area contributed by atoms with Crippen molar-refractivity contribution < 1.29 is 28.3 Å². The minimum Gasteiger partial charge on any atom is -0.450 e. The van der Waals surface area contributed by atoms with E-state index in [0.717, 1.165) is 23.4 Å². The molecular formula is C22H16N2O7S. The Bertz CT molecular complexity index is 1310. The van der Waals surface area contributed by atoms with Gasteiger partial charge in [-0.25, -0.2) is 0 Å². The molecule has 32 heavy (non-hydrogen) atoms. The van der Waals surface area contributed by atoms with Crippen molar-refractivity contribution in [2.24, 2.45) is 0 Å². The Balaban J connectivity index is 1.50. The largest absolute Gasteiger partial charge is 0.450 e. The van der Waals surface area contributed by atoms with E-state index in [2.05, 4.69) is 10.6 Å². The maximum absolute atomic E-state index is 12.6. The monoisotopic (exact) mass is 452 g/mol. The highest BCUT2D eigenvalue weighted by Crippen LogP contribution is 2.25. The number of benzene rings is 2. The van der Waals surface area contributed by atoms with Crippen molar-refractivity contribution in [1.82, 2.24) is 5.32 Å². The second-order valence-electron chi connectivity index (χ2n) is 6.94. The predicted molar refractivity (Wildman–Crippen MR) is 117 cm³/mol. The normalized spacial score (nSPS) is 15.5. The van der Waals surface area contributed by atoms with Gasteiger partial charge >= 0.3 is 5.97 Å². The molecule has 1 fully saturated rings. The Kier molecular flexibility index (Phi) is 5.78. The first-order chi connectivity index (χ1) is 15.3. The zero-order valence-electron chi connectivity index (χ0n) is 16.7. The van der Waals surface area contributed by atoms with Crippen LogP contribution in [0.25, 0.3) is 11.0 Å². The van der Waals surface area contributed by atoms with Gasteiger partial charge in [0.1, 0.15) is 16.7 Å². The molecule has 1 aromatic heterocycles. The van der Waals surface area contributed by atoms with Crippen molar-refractivity contribution in [1.29, 1.82) is 0 Å². The van der Waals surface area contributed by atoms with Crippen molar-refractivity contribution in [3.8, 4) is 5.75 Å². The molecule has 2 aromatic carbocycles. The number of imide groups is 1. The van der Waals surface area contributed by atoms with Crippen molar-refractivity contribution >= 4 is 51.4 Å². The van der Waals surface area contributed by atoms with E-state index in [1.807, 2.05) is 0 Å². The number of ether oxygens (including phenoxy) is 1. The van der Waals surface area contributed by atoms with Gasteiger partial charge in [0.15, 0.2) is 11.2 Å². The molecule has 10 heteroatoms. The van der Waals surface area contributed by atoms with Crippen LogP contribution in [0.1, 0.15) is 23.0 Å². The third-order valence-electron chi connectivity index (χ3n) is 4.59. The first-order valence-corrected chi connectivity index (χ1v) is 10.3. The molecule has 1 aliphatic heterocycles. The van der Waals surface area contributed by atoms with Crippen LogP contribution in [-0.2, 0) is 16.0 Å². The molecule has 3 aromatic rings. The fourth-order valence-corrected chi connectivity index (χ4v) is 4.05. The number of hydrogen-bond acceptors (Lipinski definition) is 8. The van der Waals surface area contributed by atoms with Gasteiger partial charge in [0.05, 0.1) is 5.25 Å². The van der Waals surface area contributed by atoms with Crippen LogP contribution in [0, 0.1) is 0 Å². The maximum atomic E-state index is 12.6. The van der Waals surface area contributed by atoms with Crippen LogP contribution in [-0.4, -0.2) is 28.3 Å². The molecule has 0 spiro atoms. The number of anilines is 1. The Labute approximate surface area is 185 Å². The highest BCUT2D eigenvalue weighted by atomic mass is 32.2. The average Bonchev–Trinajstić information content (AvgIpc) is 3.05. The van der Waals surface area contributed by atoms with Crippen LogP contribution in [0.3, 0.4) is 0 Å². The number of carbonyl (C=O) groups is 4. The van der Waals surface area contributed by atoms with Gasteiger partial charge < -0.3 is 14.5 Å². The van der Waals surface area contributed by atoms with Crippen LogP contribution in [0.2, 0.25) is 0 Å². The second-order valence-corrected chi connectivity index (χ2v) is 8.11. The van der Waals surface area contributed by atoms with E-state index >= 15 is 0 Å². The molecule has 0 aliphatic carbocycles. The van der Waals surface area contributed by atoms with Crippen molar-refractivity contribution in [2.45, 2.75) is 18.6 Å². The number of nitrogens with one attached hydrogen (secondary N) is 2. The minimum absolute atomic E-state index is 0.0575. The topological polar surface area (TPSA) is 132 Å². The van der Waals surface area contributed by atoms with E-state index in [9.17, 15) is 24.0 Å². The van der Waals surface area contributed by atoms with Crippen LogP contribution in [0.4, 0.5) is 10.5 Å². The fourth-order valence-electron chi connectivity index (χ4n) is 3.19. The van der Waals surface area contributed by atoms with Gasteiger partial charge in [0.2, 0.25) is 5.91 Å². The van der Waals surface area contributed by atoms with Gasteiger partial charge in [-0.15, -0.1) is 0 Å². The molecule has 162 valence electrons. The highest BCUT2D eigenvalue weighted by Gasteiger charge is 2.31. The van der Waals surface area contributed by atoms with Crippen LogP contribution < -0.4 is 20.8 Å². The van der Waals surface area contributed by atoms with Crippen molar-refractivity contribution in [2.75, 3.05) is 5.32 Å². The summed E-state index contributed by atoms with van der Waals surface area (Å²) in [7, 11) is 0. The summed E-state index contributed by atoms with van der Waals surface area (Å²) in [5, 5.41) is 4.10. The number of fused-ring (bicyclic) bond motifs is 1. The number of thioether (sulfide) groups is 1. The Morgan fingerprint density at radius 1 is 1.12 bits per heavy atom. The molecule has 1 atom stereocenters. The third kappa shape index (κ3) is 4.54. The van der Waals surface area contributed by atoms with Gasteiger partial charge in [-0.3, -0.25) is 29.3 Å². The van der Waals surface area contributed by atoms with E-state index in [1.54, 1.807) is 30.3 Å². The van der Waals surface area contributed by atoms with E-state index in [0.29, 0.717) is 12.1 Å². The lowest BCUT2D eigenvalue weighted by atomic mass is 10.1. The molecule has 0 saturated carbocycles. The van der Waals surface area contributed by atoms with E-state index in [4.69, 9.17) is 9.15 Å². The van der Waals surface area contributed by atoms with Gasteiger partial charge in [-0.2, -0.15) is 0 Å². The van der Waals surface area contributed by atoms with Crippen LogP contribution in [0.5, 0.6) is 5.75 Å². The quantitative estimate of drug-likeness (QED) is 0.446. The van der Waals surface area contributed by atoms with Crippen LogP contribution >= 0.6 is 11.8 Å². The summed E-state index contributed by atoms with van der Waals surface area (Å²) in [5.74, 6) is -1.68. The predicted octanol–water partition coefficient (Wildman–Crippen LogP) is 2.86. The molecule has 1 unspecified atom stereocenters. The molecule has 2 heterocycles. The van der Waals surface area contributed by atoms with Crippen molar-refractivity contribution in [3.63, 3.8) is 0 Å². The van der Waals surface area contributed by atoms with Crippen molar-refractivity contribution in [3.05, 3.63) is 70.1 Å². The van der Waals surface area contributed by atoms with Gasteiger partial charge in [0.25, 0.3) is 11.1 Å². The summed E-state index contributed by atoms with van der Waals surface area (Å²) < 4.78 is 10.6. The standard InChI is InChI=1S/C22H16N2O7S/c1-11(25)30-15-3-2-4-16-19(15)14(26)10-17(31-16)20(27)23-13-7-5-12(6-8-13)9-18-21(28)24-22(29)32-18/h2-8,10,18H,9H2,1H3,(H,23,27)(H,24,28,29). The van der Waals surface area contributed by atoms with E-state index in [-0.39, 0.29) is 33.6 Å². The number of esters is 1. The summed E-state index contributed by atoms with van der Waals surface area (Å²) in [4.78, 5) is 59.3. The number of carbonyl (C=O) groups excluding carboxylic acids is 4. The minimum atomic E-state index is -0.633. The molecule has 2 N–H and O–H groups in total. The first kappa shape index (κ1) is 21.3. The van der Waals surface area contributed by atoms with Gasteiger partial charge in [0, 0.05) is 18.7 Å². The molecule has 9 nitrogen and oxygen atoms in total. The van der Waals surface area contributed by atoms with Crippen LogP contribution in [0.15, 0.2) is 57.7 Å². The van der Waals surface area contributed by atoms with Gasteiger partial charge in [-0.05, 0) is 36.2 Å². The average molecular weight is 452 g/mol. The zero-order valence-corrected chi connectivity index (χ0v) is 17.5. The first-order valence-electron chi connectivity index (χ1n) is 9.47.